The van der Waals surface area contributed by atoms with Gasteiger partial charge in [0.05, 0.1) is 6.07 Å². The second-order valence-corrected chi connectivity index (χ2v) is 2.72. The van der Waals surface area contributed by atoms with Crippen LogP contribution in [0.15, 0.2) is 0 Å². The molecule has 1 unspecified atom stereocenters. The first-order valence-corrected chi connectivity index (χ1v) is 4.08. The van der Waals surface area contributed by atoms with Gasteiger partial charge in [-0.2, -0.15) is 18.4 Å². The van der Waals surface area contributed by atoms with Crippen LogP contribution in [0.3, 0.4) is 0 Å². The minimum absolute atomic E-state index is 0.116. The number of primary amides is 1. The highest BCUT2D eigenvalue weighted by Gasteiger charge is 2.39. The molecule has 0 bridgehead atoms. The van der Waals surface area contributed by atoms with Crippen molar-refractivity contribution in [2.24, 2.45) is 11.7 Å². The van der Waals surface area contributed by atoms with Crippen LogP contribution in [-0.2, 0) is 0 Å². The Kier molecular flexibility index (Phi) is 5.48. The van der Waals surface area contributed by atoms with Crippen molar-refractivity contribution < 1.29 is 18.0 Å². The molecule has 15 heavy (non-hydrogen) atoms. The standard InChI is InChI=1S/C7H11F3N4O/c8-7(9,10)5(3-11)4-13-1-2-14-6(12)15/h5,13H,1-2,4H2,(H3,12,14,15). The molecule has 0 saturated heterocycles. The highest BCUT2D eigenvalue weighted by atomic mass is 19.4. The molecule has 0 saturated carbocycles. The number of nitrogens with one attached hydrogen (secondary N) is 2. The van der Waals surface area contributed by atoms with Crippen LogP contribution in [0.4, 0.5) is 18.0 Å². The predicted octanol–water partition coefficient (Wildman–Crippen LogP) is -0.0536. The summed E-state index contributed by atoms with van der Waals surface area (Å²) in [7, 11) is 0. The Bertz CT molecular complexity index is 248. The Morgan fingerprint density at radius 1 is 1.47 bits per heavy atom. The monoisotopic (exact) mass is 224 g/mol. The minimum Gasteiger partial charge on any atom is -0.352 e. The summed E-state index contributed by atoms with van der Waals surface area (Å²) in [5.41, 5.74) is 4.72. The highest BCUT2D eigenvalue weighted by Crippen LogP contribution is 2.24. The van der Waals surface area contributed by atoms with Crippen LogP contribution in [0, 0.1) is 17.2 Å². The van der Waals surface area contributed by atoms with Crippen LogP contribution in [-0.4, -0.2) is 31.8 Å². The Morgan fingerprint density at radius 3 is 2.47 bits per heavy atom. The van der Waals surface area contributed by atoms with Gasteiger partial charge >= 0.3 is 12.2 Å². The van der Waals surface area contributed by atoms with Crippen molar-refractivity contribution in [3.05, 3.63) is 0 Å². The van der Waals surface area contributed by atoms with E-state index in [0.717, 1.165) is 6.07 Å². The fourth-order valence-corrected chi connectivity index (χ4v) is 0.755. The molecule has 0 aromatic rings. The largest absolute Gasteiger partial charge is 0.405 e. The Hall–Kier alpha value is -1.49. The number of hydrogen-bond acceptors (Lipinski definition) is 3. The SMILES string of the molecule is N#CC(CNCCNC(N)=O)C(F)(F)F. The molecular formula is C7H11F3N4O. The number of hydrogen-bond donors (Lipinski definition) is 3. The molecule has 0 heterocycles. The van der Waals surface area contributed by atoms with E-state index in [0.29, 0.717) is 0 Å². The Balaban J connectivity index is 3.67. The number of carbonyl (C=O) groups excluding carboxylic acids is 1. The lowest BCUT2D eigenvalue weighted by Crippen LogP contribution is -2.38. The van der Waals surface area contributed by atoms with E-state index in [1.165, 1.54) is 0 Å². The molecule has 5 nitrogen and oxygen atoms in total. The summed E-state index contributed by atoms with van der Waals surface area (Å²) in [6, 6.07) is 0.396. The van der Waals surface area contributed by atoms with E-state index in [1.807, 2.05) is 0 Å². The van der Waals surface area contributed by atoms with Crippen molar-refractivity contribution in [3.8, 4) is 6.07 Å². The van der Waals surface area contributed by atoms with E-state index in [4.69, 9.17) is 11.0 Å². The summed E-state index contributed by atoms with van der Waals surface area (Å²) in [6.45, 7) is -0.261. The Labute approximate surface area is 84.4 Å². The number of carbonyl (C=O) groups is 1. The summed E-state index contributed by atoms with van der Waals surface area (Å²) in [5, 5.41) is 12.8. The molecule has 0 aliphatic rings. The van der Waals surface area contributed by atoms with Crippen LogP contribution < -0.4 is 16.4 Å². The number of nitrogens with two attached hydrogens (primary N) is 1. The van der Waals surface area contributed by atoms with Gasteiger partial charge in [-0.05, 0) is 0 Å². The molecule has 1 atom stereocenters. The normalized spacial score (nSPS) is 12.9. The first-order chi connectivity index (χ1) is 6.88. The third-order valence-electron chi connectivity index (χ3n) is 1.50. The number of halogens is 3. The van der Waals surface area contributed by atoms with Crippen LogP contribution in [0.25, 0.3) is 0 Å². The molecular weight excluding hydrogens is 213 g/mol. The molecule has 4 N–H and O–H groups in total. The fraction of sp³-hybridized carbons (Fsp3) is 0.714. The van der Waals surface area contributed by atoms with Gasteiger partial charge in [0.25, 0.3) is 0 Å². The minimum atomic E-state index is -4.53. The van der Waals surface area contributed by atoms with Gasteiger partial charge in [0, 0.05) is 19.6 Å². The van der Waals surface area contributed by atoms with Crippen molar-refractivity contribution in [1.82, 2.24) is 10.6 Å². The summed E-state index contributed by atoms with van der Waals surface area (Å²) >= 11 is 0. The van der Waals surface area contributed by atoms with Gasteiger partial charge in [-0.3, -0.25) is 0 Å². The van der Waals surface area contributed by atoms with Gasteiger partial charge < -0.3 is 16.4 Å². The van der Waals surface area contributed by atoms with Crippen molar-refractivity contribution in [1.29, 1.82) is 5.26 Å². The van der Waals surface area contributed by atoms with Gasteiger partial charge in [0.2, 0.25) is 0 Å². The highest BCUT2D eigenvalue weighted by molar-refractivity contribution is 5.71. The van der Waals surface area contributed by atoms with Crippen LogP contribution in [0.1, 0.15) is 0 Å². The van der Waals surface area contributed by atoms with E-state index in [2.05, 4.69) is 10.6 Å². The van der Waals surface area contributed by atoms with Crippen LogP contribution in [0.5, 0.6) is 0 Å². The van der Waals surface area contributed by atoms with Gasteiger partial charge in [0.15, 0.2) is 5.92 Å². The van der Waals surface area contributed by atoms with E-state index in [-0.39, 0.29) is 13.1 Å². The predicted molar refractivity (Wildman–Crippen MR) is 45.6 cm³/mol. The van der Waals surface area contributed by atoms with Crippen molar-refractivity contribution in [2.75, 3.05) is 19.6 Å². The lowest BCUT2D eigenvalue weighted by molar-refractivity contribution is -0.157. The van der Waals surface area contributed by atoms with Crippen molar-refractivity contribution >= 4 is 6.03 Å². The van der Waals surface area contributed by atoms with Gasteiger partial charge in [-0.25, -0.2) is 4.79 Å². The third-order valence-corrected chi connectivity index (χ3v) is 1.50. The topological polar surface area (TPSA) is 90.9 Å². The zero-order chi connectivity index (χ0) is 11.9. The average Bonchev–Trinajstić information content (AvgIpc) is 2.08. The van der Waals surface area contributed by atoms with E-state index in [1.54, 1.807) is 0 Å². The number of rotatable bonds is 5. The fourth-order valence-electron chi connectivity index (χ4n) is 0.755. The maximum Gasteiger partial charge on any atom is 0.405 e. The second-order valence-electron chi connectivity index (χ2n) is 2.72. The summed E-state index contributed by atoms with van der Waals surface area (Å²) in [6.07, 6.45) is -4.53. The molecule has 0 fully saturated rings. The summed E-state index contributed by atoms with van der Waals surface area (Å²) < 4.78 is 36.0. The Morgan fingerprint density at radius 2 is 2.07 bits per heavy atom. The lowest BCUT2D eigenvalue weighted by atomic mass is 10.1. The first-order valence-electron chi connectivity index (χ1n) is 4.08. The molecule has 0 spiro atoms. The van der Waals surface area contributed by atoms with Gasteiger partial charge in [-0.1, -0.05) is 0 Å². The molecule has 8 heteroatoms. The first kappa shape index (κ1) is 13.5. The summed E-state index contributed by atoms with van der Waals surface area (Å²) in [5.74, 6) is -2.04. The quantitative estimate of drug-likeness (QED) is 0.571. The molecule has 2 amide bonds. The molecule has 0 aliphatic heterocycles. The lowest BCUT2D eigenvalue weighted by Gasteiger charge is -2.13. The summed E-state index contributed by atoms with van der Waals surface area (Å²) in [4.78, 5) is 10.2. The van der Waals surface area contributed by atoms with E-state index >= 15 is 0 Å². The molecule has 86 valence electrons. The van der Waals surface area contributed by atoms with Gasteiger partial charge in [-0.15, -0.1) is 0 Å². The van der Waals surface area contributed by atoms with Crippen LogP contribution in [0.2, 0.25) is 0 Å². The molecule has 0 aromatic heterocycles. The molecule has 0 aromatic carbocycles. The third kappa shape index (κ3) is 6.56. The maximum atomic E-state index is 12.0. The molecule has 0 aliphatic carbocycles. The van der Waals surface area contributed by atoms with E-state index in [9.17, 15) is 18.0 Å². The van der Waals surface area contributed by atoms with Crippen molar-refractivity contribution in [3.63, 3.8) is 0 Å². The zero-order valence-electron chi connectivity index (χ0n) is 7.77. The maximum absolute atomic E-state index is 12.0. The van der Waals surface area contributed by atoms with E-state index < -0.39 is 24.7 Å². The molecule has 0 radical (unpaired) electrons. The zero-order valence-corrected chi connectivity index (χ0v) is 7.77. The number of amides is 2. The smallest absolute Gasteiger partial charge is 0.352 e. The molecule has 0 rings (SSSR count). The van der Waals surface area contributed by atoms with Crippen LogP contribution >= 0.6 is 0 Å². The van der Waals surface area contributed by atoms with Gasteiger partial charge in [0.1, 0.15) is 0 Å². The van der Waals surface area contributed by atoms with Crippen molar-refractivity contribution in [2.45, 2.75) is 6.18 Å². The second kappa shape index (κ2) is 6.08. The number of alkyl halides is 3. The number of nitriles is 1. The average molecular weight is 224 g/mol. The number of nitrogens with zero attached hydrogens (tertiary/aromatic N) is 1. The number of urea groups is 1.